The summed E-state index contributed by atoms with van der Waals surface area (Å²) in [4.78, 5) is 22.5. The molecule has 3 aromatic rings. The highest BCUT2D eigenvalue weighted by molar-refractivity contribution is 6.17. The van der Waals surface area contributed by atoms with Gasteiger partial charge in [0.2, 0.25) is 5.88 Å². The van der Waals surface area contributed by atoms with Crippen LogP contribution in [0.15, 0.2) is 18.7 Å². The van der Waals surface area contributed by atoms with Crippen LogP contribution in [0.4, 0.5) is 19.0 Å². The molecule has 4 saturated carbocycles. The number of imidazole rings is 1. The lowest BCUT2D eigenvalue weighted by atomic mass is 9.53. The molecule has 0 aromatic carbocycles. The summed E-state index contributed by atoms with van der Waals surface area (Å²) < 4.78 is 48.0. The van der Waals surface area contributed by atoms with Crippen molar-refractivity contribution in [3.05, 3.63) is 41.5 Å². The number of nitrogens with zero attached hydrogens (tertiary/aromatic N) is 6. The van der Waals surface area contributed by atoms with Gasteiger partial charge in [0.15, 0.2) is 11.5 Å². The van der Waals surface area contributed by atoms with Crippen molar-refractivity contribution in [3.8, 4) is 17.3 Å². The summed E-state index contributed by atoms with van der Waals surface area (Å²) in [5, 5.41) is 3.58. The van der Waals surface area contributed by atoms with Gasteiger partial charge in [0, 0.05) is 41.9 Å². The Morgan fingerprint density at radius 3 is 2.37 bits per heavy atom. The molecule has 0 aliphatic heterocycles. The summed E-state index contributed by atoms with van der Waals surface area (Å²) in [6.07, 6.45) is 7.31. The number of fused-ring (bicyclic) bond motifs is 3. The Kier molecular flexibility index (Phi) is 7.15. The van der Waals surface area contributed by atoms with Crippen molar-refractivity contribution in [1.29, 1.82) is 0 Å². The SMILES string of the molecule is COc1ncnc(C2CC2)c1-c1ncc(CCl)c(NCC23CCC(c4nc(C(F)(F)F)cn4C(C)C)(CC2)CC3)n1. The molecule has 0 radical (unpaired) electrons. The molecule has 220 valence electrons. The molecule has 2 bridgehead atoms. The van der Waals surface area contributed by atoms with Crippen LogP contribution in [0, 0.1) is 5.41 Å². The van der Waals surface area contributed by atoms with Gasteiger partial charge in [-0.25, -0.2) is 24.9 Å². The summed E-state index contributed by atoms with van der Waals surface area (Å²) in [6.45, 7) is 4.53. The van der Waals surface area contributed by atoms with Gasteiger partial charge in [0.1, 0.15) is 23.5 Å². The molecule has 0 unspecified atom stereocenters. The van der Waals surface area contributed by atoms with E-state index in [1.54, 1.807) is 17.9 Å². The van der Waals surface area contributed by atoms with Gasteiger partial charge < -0.3 is 14.6 Å². The second-order valence-corrected chi connectivity index (χ2v) is 12.5. The Morgan fingerprint density at radius 1 is 1.07 bits per heavy atom. The van der Waals surface area contributed by atoms with E-state index >= 15 is 0 Å². The number of ether oxygens (including phenoxy) is 1. The fourth-order valence-electron chi connectivity index (χ4n) is 6.64. The van der Waals surface area contributed by atoms with E-state index in [1.807, 2.05) is 13.8 Å². The van der Waals surface area contributed by atoms with Crippen LogP contribution in [-0.2, 0) is 17.5 Å². The molecule has 7 rings (SSSR count). The second-order valence-electron chi connectivity index (χ2n) is 12.2. The molecule has 0 saturated heterocycles. The lowest BCUT2D eigenvalue weighted by Crippen LogP contribution is -2.48. The third-order valence-electron chi connectivity index (χ3n) is 9.32. The van der Waals surface area contributed by atoms with Gasteiger partial charge in [-0.15, -0.1) is 11.6 Å². The highest BCUT2D eigenvalue weighted by Crippen LogP contribution is 2.58. The normalized spacial score (nSPS) is 24.2. The fourth-order valence-corrected chi connectivity index (χ4v) is 6.84. The summed E-state index contributed by atoms with van der Waals surface area (Å²) >= 11 is 6.28. The maximum Gasteiger partial charge on any atom is 0.434 e. The van der Waals surface area contributed by atoms with Gasteiger partial charge in [-0.1, -0.05) is 0 Å². The first kappa shape index (κ1) is 28.2. The zero-order valence-corrected chi connectivity index (χ0v) is 24.3. The lowest BCUT2D eigenvalue weighted by Gasteiger charge is -2.53. The van der Waals surface area contributed by atoms with E-state index in [0.717, 1.165) is 68.2 Å². The maximum absolute atomic E-state index is 13.6. The second kappa shape index (κ2) is 10.4. The zero-order valence-electron chi connectivity index (χ0n) is 23.6. The van der Waals surface area contributed by atoms with Gasteiger partial charge in [-0.3, -0.25) is 0 Å². The van der Waals surface area contributed by atoms with Gasteiger partial charge in [0.25, 0.3) is 0 Å². The van der Waals surface area contributed by atoms with E-state index in [9.17, 15) is 13.2 Å². The van der Waals surface area contributed by atoms with Crippen LogP contribution < -0.4 is 10.1 Å². The minimum atomic E-state index is -4.45. The monoisotopic (exact) mass is 589 g/mol. The average molecular weight is 590 g/mol. The van der Waals surface area contributed by atoms with Crippen molar-refractivity contribution in [2.75, 3.05) is 19.0 Å². The number of nitrogens with one attached hydrogen (secondary N) is 1. The fraction of sp³-hybridized carbons (Fsp3) is 0.621. The van der Waals surface area contributed by atoms with Crippen LogP contribution in [-0.4, -0.2) is 43.1 Å². The molecule has 12 heteroatoms. The zero-order chi connectivity index (χ0) is 29.0. The van der Waals surface area contributed by atoms with Crippen molar-refractivity contribution in [2.24, 2.45) is 5.41 Å². The molecule has 41 heavy (non-hydrogen) atoms. The van der Waals surface area contributed by atoms with Gasteiger partial charge in [-0.2, -0.15) is 13.2 Å². The summed E-state index contributed by atoms with van der Waals surface area (Å²) in [7, 11) is 1.58. The molecular formula is C29H35ClF3N7O. The van der Waals surface area contributed by atoms with E-state index in [4.69, 9.17) is 21.3 Å². The molecule has 3 heterocycles. The molecular weight excluding hydrogens is 555 g/mol. The Labute approximate surface area is 242 Å². The number of alkyl halides is 4. The first-order valence-electron chi connectivity index (χ1n) is 14.3. The van der Waals surface area contributed by atoms with Gasteiger partial charge in [0.05, 0.1) is 18.7 Å². The van der Waals surface area contributed by atoms with E-state index in [1.165, 1.54) is 12.5 Å². The van der Waals surface area contributed by atoms with Crippen molar-refractivity contribution in [3.63, 3.8) is 0 Å². The molecule has 0 spiro atoms. The van der Waals surface area contributed by atoms with Crippen LogP contribution in [0.5, 0.6) is 5.88 Å². The number of hydrogen-bond acceptors (Lipinski definition) is 7. The Bertz CT molecular complexity index is 1410. The first-order chi connectivity index (χ1) is 19.6. The number of rotatable bonds is 9. The molecule has 3 aromatic heterocycles. The molecule has 4 aliphatic rings. The van der Waals surface area contributed by atoms with Crippen molar-refractivity contribution in [1.82, 2.24) is 29.5 Å². The minimum Gasteiger partial charge on any atom is -0.480 e. The third kappa shape index (κ3) is 5.15. The number of halogens is 4. The number of methoxy groups -OCH3 is 1. The minimum absolute atomic E-state index is 0.0330. The van der Waals surface area contributed by atoms with E-state index in [-0.39, 0.29) is 22.8 Å². The molecule has 0 atom stereocenters. The number of hydrogen-bond donors (Lipinski definition) is 1. The largest absolute Gasteiger partial charge is 0.480 e. The summed E-state index contributed by atoms with van der Waals surface area (Å²) in [5.74, 6) is 2.85. The predicted molar refractivity (Wildman–Crippen MR) is 149 cm³/mol. The van der Waals surface area contributed by atoms with Crippen LogP contribution in [0.3, 0.4) is 0 Å². The van der Waals surface area contributed by atoms with Gasteiger partial charge >= 0.3 is 6.18 Å². The van der Waals surface area contributed by atoms with Crippen molar-refractivity contribution >= 4 is 17.4 Å². The number of aromatic nitrogens is 6. The van der Waals surface area contributed by atoms with Crippen molar-refractivity contribution < 1.29 is 17.9 Å². The predicted octanol–water partition coefficient (Wildman–Crippen LogP) is 7.06. The Balaban J connectivity index is 1.22. The van der Waals surface area contributed by atoms with Gasteiger partial charge in [-0.05, 0) is 70.6 Å². The van der Waals surface area contributed by atoms with Crippen LogP contribution in [0.25, 0.3) is 11.4 Å². The topological polar surface area (TPSA) is 90.6 Å². The maximum atomic E-state index is 13.6. The highest BCUT2D eigenvalue weighted by Gasteiger charge is 2.52. The standard InChI is InChI=1S/C29H35ClF3N7O/c1-17(2)40-14-20(29(31,32)33)38-26(40)28-9-6-27(7-10-28,8-11-28)15-35-23-19(12-30)13-34-24(39-23)21-22(18-4-5-18)36-16-37-25(21)41-3/h13-14,16-18H,4-12,15H2,1-3H3,(H,34,35,39). The average Bonchev–Trinajstić information content (AvgIpc) is 3.71. The summed E-state index contributed by atoms with van der Waals surface area (Å²) in [5.41, 5.74) is 1.35. The van der Waals surface area contributed by atoms with Crippen molar-refractivity contribution in [2.45, 2.75) is 94.6 Å². The smallest absolute Gasteiger partial charge is 0.434 e. The molecule has 0 amide bonds. The third-order valence-corrected chi connectivity index (χ3v) is 9.61. The van der Waals surface area contributed by atoms with Crippen LogP contribution >= 0.6 is 11.6 Å². The van der Waals surface area contributed by atoms with E-state index in [2.05, 4.69) is 25.3 Å². The highest BCUT2D eigenvalue weighted by atomic mass is 35.5. The first-order valence-corrected chi connectivity index (χ1v) is 14.8. The Morgan fingerprint density at radius 2 is 1.78 bits per heavy atom. The molecule has 1 N–H and O–H groups in total. The summed E-state index contributed by atoms with van der Waals surface area (Å²) in [6, 6.07) is -0.0896. The van der Waals surface area contributed by atoms with Crippen LogP contribution in [0.1, 0.15) is 99.9 Å². The quantitative estimate of drug-likeness (QED) is 0.267. The Hall–Kier alpha value is -2.95. The number of anilines is 1. The molecule has 4 aliphatic carbocycles. The van der Waals surface area contributed by atoms with Crippen LogP contribution in [0.2, 0.25) is 0 Å². The lowest BCUT2D eigenvalue weighted by molar-refractivity contribution is -0.141. The van der Waals surface area contributed by atoms with E-state index < -0.39 is 11.9 Å². The van der Waals surface area contributed by atoms with E-state index in [0.29, 0.717) is 35.8 Å². The molecule has 8 nitrogen and oxygen atoms in total. The molecule has 4 fully saturated rings.